The van der Waals surface area contributed by atoms with E-state index < -0.39 is 0 Å². The largest absolute Gasteiger partial charge is 0.381 e. The third-order valence-electron chi connectivity index (χ3n) is 6.46. The van der Waals surface area contributed by atoms with Crippen LogP contribution in [0.4, 0.5) is 0 Å². The molecule has 3 atom stereocenters. The standard InChI is InChI=1S/C22H28ClN3O4/c23-18-3-1-14(2-4-18)11-24-21(28)16-9-17-12-26(13-20(27)25-19(17)10-16)22(29)15-5-7-30-8-6-15/h1-4,15-17,19H,5-13H2,(H,24,28)(H,25,27)/t16-,17+,19+/m0/s1. The second-order valence-electron chi connectivity index (χ2n) is 8.55. The summed E-state index contributed by atoms with van der Waals surface area (Å²) in [5, 5.41) is 6.70. The maximum atomic E-state index is 12.9. The zero-order chi connectivity index (χ0) is 21.1. The SMILES string of the molecule is O=C1CN(C(=O)C2CCOCC2)C[C@H]2C[C@H](C(=O)NCc3ccc(Cl)cc3)C[C@H]2N1. The molecule has 0 radical (unpaired) electrons. The van der Waals surface area contributed by atoms with Crippen molar-refractivity contribution in [1.82, 2.24) is 15.5 Å². The molecule has 2 saturated heterocycles. The molecular weight excluding hydrogens is 406 g/mol. The fraction of sp³-hybridized carbons (Fsp3) is 0.591. The Labute approximate surface area is 181 Å². The Hall–Kier alpha value is -2.12. The molecule has 0 aromatic heterocycles. The van der Waals surface area contributed by atoms with Gasteiger partial charge in [-0.05, 0) is 49.3 Å². The minimum absolute atomic E-state index is 0.00502. The number of carbonyl (C=O) groups excluding carboxylic acids is 3. The van der Waals surface area contributed by atoms with Gasteiger partial charge in [0.1, 0.15) is 0 Å². The van der Waals surface area contributed by atoms with Crippen molar-refractivity contribution in [3.05, 3.63) is 34.9 Å². The molecule has 162 valence electrons. The van der Waals surface area contributed by atoms with E-state index in [1.807, 2.05) is 12.1 Å². The van der Waals surface area contributed by atoms with E-state index in [0.29, 0.717) is 57.0 Å². The third kappa shape index (κ3) is 4.95. The van der Waals surface area contributed by atoms with E-state index >= 15 is 0 Å². The minimum atomic E-state index is -0.161. The van der Waals surface area contributed by atoms with Crippen LogP contribution in [0.1, 0.15) is 31.2 Å². The monoisotopic (exact) mass is 433 g/mol. The summed E-state index contributed by atoms with van der Waals surface area (Å²) in [6, 6.07) is 7.32. The van der Waals surface area contributed by atoms with Crippen LogP contribution in [-0.4, -0.2) is 55.0 Å². The summed E-state index contributed by atoms with van der Waals surface area (Å²) in [4.78, 5) is 39.8. The summed E-state index contributed by atoms with van der Waals surface area (Å²) in [5.41, 5.74) is 0.987. The molecule has 1 aromatic carbocycles. The van der Waals surface area contributed by atoms with E-state index in [0.717, 1.165) is 5.56 Å². The highest BCUT2D eigenvalue weighted by Gasteiger charge is 2.42. The lowest BCUT2D eigenvalue weighted by molar-refractivity contribution is -0.141. The van der Waals surface area contributed by atoms with Crippen LogP contribution >= 0.6 is 11.6 Å². The molecule has 0 unspecified atom stereocenters. The average molecular weight is 434 g/mol. The van der Waals surface area contributed by atoms with Crippen LogP contribution in [0, 0.1) is 17.8 Å². The van der Waals surface area contributed by atoms with Crippen molar-refractivity contribution in [2.75, 3.05) is 26.3 Å². The van der Waals surface area contributed by atoms with E-state index in [4.69, 9.17) is 16.3 Å². The van der Waals surface area contributed by atoms with Crippen molar-refractivity contribution < 1.29 is 19.1 Å². The van der Waals surface area contributed by atoms with Crippen LogP contribution in [0.15, 0.2) is 24.3 Å². The predicted molar refractivity (Wildman–Crippen MR) is 112 cm³/mol. The third-order valence-corrected chi connectivity index (χ3v) is 6.72. The van der Waals surface area contributed by atoms with E-state index in [-0.39, 0.29) is 48.1 Å². The number of hydrogen-bond acceptors (Lipinski definition) is 4. The summed E-state index contributed by atoms with van der Waals surface area (Å²) in [7, 11) is 0. The Kier molecular flexibility index (Phi) is 6.58. The summed E-state index contributed by atoms with van der Waals surface area (Å²) < 4.78 is 5.35. The van der Waals surface area contributed by atoms with Gasteiger partial charge in [0.15, 0.2) is 0 Å². The first-order valence-corrected chi connectivity index (χ1v) is 11.1. The molecule has 30 heavy (non-hydrogen) atoms. The number of benzene rings is 1. The second kappa shape index (κ2) is 9.35. The first kappa shape index (κ1) is 21.1. The topological polar surface area (TPSA) is 87.7 Å². The highest BCUT2D eigenvalue weighted by molar-refractivity contribution is 6.30. The molecule has 0 bridgehead atoms. The van der Waals surface area contributed by atoms with Crippen molar-refractivity contribution in [3.63, 3.8) is 0 Å². The van der Waals surface area contributed by atoms with Crippen molar-refractivity contribution in [1.29, 1.82) is 0 Å². The first-order chi connectivity index (χ1) is 14.5. The zero-order valence-electron chi connectivity index (χ0n) is 16.9. The fourth-order valence-electron chi connectivity index (χ4n) is 4.80. The number of carbonyl (C=O) groups is 3. The van der Waals surface area contributed by atoms with Crippen molar-refractivity contribution in [2.24, 2.45) is 17.8 Å². The number of nitrogens with one attached hydrogen (secondary N) is 2. The van der Waals surface area contributed by atoms with E-state index in [1.165, 1.54) is 0 Å². The minimum Gasteiger partial charge on any atom is -0.381 e. The molecule has 2 N–H and O–H groups in total. The van der Waals surface area contributed by atoms with Crippen LogP contribution in [0.25, 0.3) is 0 Å². The first-order valence-electron chi connectivity index (χ1n) is 10.7. The van der Waals surface area contributed by atoms with Crippen molar-refractivity contribution in [3.8, 4) is 0 Å². The van der Waals surface area contributed by atoms with Gasteiger partial charge in [-0.3, -0.25) is 14.4 Å². The van der Waals surface area contributed by atoms with Gasteiger partial charge in [-0.15, -0.1) is 0 Å². The van der Waals surface area contributed by atoms with Crippen LogP contribution in [0.5, 0.6) is 0 Å². The van der Waals surface area contributed by atoms with Gasteiger partial charge in [0.05, 0.1) is 6.54 Å². The lowest BCUT2D eigenvalue weighted by Crippen LogP contribution is -2.43. The molecule has 1 aromatic rings. The Morgan fingerprint density at radius 1 is 1.13 bits per heavy atom. The number of ether oxygens (including phenoxy) is 1. The van der Waals surface area contributed by atoms with Gasteiger partial charge in [0.2, 0.25) is 17.7 Å². The van der Waals surface area contributed by atoms with E-state index in [2.05, 4.69) is 10.6 Å². The van der Waals surface area contributed by atoms with Crippen LogP contribution < -0.4 is 10.6 Å². The molecule has 7 nitrogen and oxygen atoms in total. The number of rotatable bonds is 4. The summed E-state index contributed by atoms with van der Waals surface area (Å²) >= 11 is 5.90. The lowest BCUT2D eigenvalue weighted by Gasteiger charge is -2.29. The zero-order valence-corrected chi connectivity index (χ0v) is 17.7. The van der Waals surface area contributed by atoms with Gasteiger partial charge in [0, 0.05) is 49.2 Å². The van der Waals surface area contributed by atoms with Crippen LogP contribution in [-0.2, 0) is 25.7 Å². The van der Waals surface area contributed by atoms with E-state index in [9.17, 15) is 14.4 Å². The van der Waals surface area contributed by atoms with Crippen LogP contribution in [0.3, 0.4) is 0 Å². The lowest BCUT2D eigenvalue weighted by atomic mass is 9.97. The Balaban J connectivity index is 1.34. The number of nitrogens with zero attached hydrogens (tertiary/aromatic N) is 1. The maximum absolute atomic E-state index is 12.9. The number of fused-ring (bicyclic) bond motifs is 1. The average Bonchev–Trinajstić information content (AvgIpc) is 3.07. The van der Waals surface area contributed by atoms with Crippen molar-refractivity contribution >= 4 is 29.3 Å². The highest BCUT2D eigenvalue weighted by atomic mass is 35.5. The number of halogens is 1. The summed E-state index contributed by atoms with van der Waals surface area (Å²) in [5.74, 6) is -0.218. The van der Waals surface area contributed by atoms with Crippen LogP contribution in [0.2, 0.25) is 5.02 Å². The van der Waals surface area contributed by atoms with Gasteiger partial charge < -0.3 is 20.3 Å². The molecular formula is C22H28ClN3O4. The predicted octanol–water partition coefficient (Wildman–Crippen LogP) is 1.74. The van der Waals surface area contributed by atoms with Crippen molar-refractivity contribution in [2.45, 2.75) is 38.3 Å². The van der Waals surface area contributed by atoms with Gasteiger partial charge >= 0.3 is 0 Å². The summed E-state index contributed by atoms with van der Waals surface area (Å²) in [6.07, 6.45) is 2.71. The van der Waals surface area contributed by atoms with Gasteiger partial charge in [-0.25, -0.2) is 0 Å². The molecule has 3 fully saturated rings. The molecule has 2 heterocycles. The molecule has 3 aliphatic rings. The van der Waals surface area contributed by atoms with E-state index in [1.54, 1.807) is 17.0 Å². The molecule has 3 amide bonds. The maximum Gasteiger partial charge on any atom is 0.239 e. The Morgan fingerprint density at radius 2 is 1.87 bits per heavy atom. The molecule has 1 saturated carbocycles. The molecule has 8 heteroatoms. The normalized spacial score (nSPS) is 27.2. The molecule has 2 aliphatic heterocycles. The number of hydrogen-bond donors (Lipinski definition) is 2. The Bertz CT molecular complexity index is 794. The summed E-state index contributed by atoms with van der Waals surface area (Å²) in [6.45, 7) is 2.27. The Morgan fingerprint density at radius 3 is 2.60 bits per heavy atom. The smallest absolute Gasteiger partial charge is 0.239 e. The second-order valence-corrected chi connectivity index (χ2v) is 8.99. The quantitative estimate of drug-likeness (QED) is 0.757. The van der Waals surface area contributed by atoms with Gasteiger partial charge in [-0.1, -0.05) is 23.7 Å². The molecule has 1 aliphatic carbocycles. The highest BCUT2D eigenvalue weighted by Crippen LogP contribution is 2.34. The number of amides is 3. The molecule has 4 rings (SSSR count). The van der Waals surface area contributed by atoms with Gasteiger partial charge in [0.25, 0.3) is 0 Å². The van der Waals surface area contributed by atoms with Gasteiger partial charge in [-0.2, -0.15) is 0 Å². The molecule has 0 spiro atoms. The fourth-order valence-corrected chi connectivity index (χ4v) is 4.92.